The van der Waals surface area contributed by atoms with E-state index in [1.165, 1.54) is 16.9 Å². The Morgan fingerprint density at radius 1 is 1.24 bits per heavy atom. The summed E-state index contributed by atoms with van der Waals surface area (Å²) in [5.41, 5.74) is 3.37. The van der Waals surface area contributed by atoms with Gasteiger partial charge in [0.05, 0.1) is 5.56 Å². The van der Waals surface area contributed by atoms with E-state index in [0.29, 0.717) is 17.1 Å². The quantitative estimate of drug-likeness (QED) is 0.601. The van der Waals surface area contributed by atoms with E-state index in [-0.39, 0.29) is 18.9 Å². The van der Waals surface area contributed by atoms with Crippen LogP contribution in [0.25, 0.3) is 0 Å². The van der Waals surface area contributed by atoms with E-state index >= 15 is 0 Å². The fraction of sp³-hybridized carbons (Fsp3) is 0.500. The average molecular weight is 477 g/mol. The molecule has 154 valence electrons. The predicted molar refractivity (Wildman–Crippen MR) is 118 cm³/mol. The third-order valence-electron chi connectivity index (χ3n) is 6.86. The molecule has 2 aromatic rings. The van der Waals surface area contributed by atoms with Gasteiger partial charge in [0.1, 0.15) is 11.2 Å². The molecule has 1 aromatic carbocycles. The van der Waals surface area contributed by atoms with Gasteiger partial charge in [-0.15, -0.1) is 11.3 Å². The minimum Gasteiger partial charge on any atom is -0.454 e. The molecule has 5 rings (SSSR count). The van der Waals surface area contributed by atoms with Crippen molar-refractivity contribution < 1.29 is 14.3 Å². The van der Waals surface area contributed by atoms with Crippen molar-refractivity contribution in [2.45, 2.75) is 52.6 Å². The number of hydrogen-bond donors (Lipinski definition) is 2. The van der Waals surface area contributed by atoms with E-state index in [1.807, 2.05) is 12.1 Å². The Labute approximate surface area is 183 Å². The van der Waals surface area contributed by atoms with Crippen LogP contribution >= 0.6 is 27.3 Å². The Balaban J connectivity index is 1.46. The molecule has 3 aliphatic rings. The van der Waals surface area contributed by atoms with Crippen LogP contribution in [0.2, 0.25) is 0 Å². The summed E-state index contributed by atoms with van der Waals surface area (Å²) < 4.78 is 11.8. The zero-order chi connectivity index (χ0) is 20.3. The van der Waals surface area contributed by atoms with Crippen molar-refractivity contribution in [1.29, 1.82) is 0 Å². The molecule has 0 unspecified atom stereocenters. The summed E-state index contributed by atoms with van der Waals surface area (Å²) in [7, 11) is 0. The lowest BCUT2D eigenvalue weighted by atomic mass is 9.69. The number of benzene rings is 1. The van der Waals surface area contributed by atoms with E-state index < -0.39 is 0 Å². The molecule has 0 saturated heterocycles. The maximum atomic E-state index is 13.1. The highest BCUT2D eigenvalue weighted by atomic mass is 79.9. The topological polar surface area (TPSA) is 59.6 Å². The Hall–Kier alpha value is -1.73. The van der Waals surface area contributed by atoms with E-state index in [2.05, 4.69) is 47.3 Å². The molecule has 1 aliphatic carbocycles. The Morgan fingerprint density at radius 2 is 2.00 bits per heavy atom. The van der Waals surface area contributed by atoms with Gasteiger partial charge in [0, 0.05) is 14.9 Å². The third kappa shape index (κ3) is 3.13. The second-order valence-electron chi connectivity index (χ2n) is 8.77. The van der Waals surface area contributed by atoms with Gasteiger partial charge in [0.2, 0.25) is 6.79 Å². The molecule has 0 spiro atoms. The van der Waals surface area contributed by atoms with Crippen molar-refractivity contribution in [2.24, 2.45) is 11.3 Å². The van der Waals surface area contributed by atoms with Crippen LogP contribution in [0, 0.1) is 11.3 Å². The van der Waals surface area contributed by atoms with E-state index in [9.17, 15) is 4.79 Å². The lowest BCUT2D eigenvalue weighted by Gasteiger charge is -2.36. The molecule has 7 heteroatoms. The summed E-state index contributed by atoms with van der Waals surface area (Å²) >= 11 is 5.37. The van der Waals surface area contributed by atoms with Crippen LogP contribution in [-0.2, 0) is 12.8 Å². The van der Waals surface area contributed by atoms with Crippen molar-refractivity contribution in [3.63, 3.8) is 0 Å². The minimum atomic E-state index is -0.304. The summed E-state index contributed by atoms with van der Waals surface area (Å²) in [6, 6.07) is 3.83. The Bertz CT molecular complexity index is 1000. The van der Waals surface area contributed by atoms with Crippen LogP contribution in [-0.4, -0.2) is 12.7 Å². The highest BCUT2D eigenvalue weighted by Crippen LogP contribution is 2.48. The van der Waals surface area contributed by atoms with Gasteiger partial charge in [-0.1, -0.05) is 43.1 Å². The summed E-state index contributed by atoms with van der Waals surface area (Å²) in [5, 5.41) is 7.69. The van der Waals surface area contributed by atoms with Crippen LogP contribution in [0.15, 0.2) is 16.6 Å². The molecular formula is C22H25BrN2O3S. The molecule has 0 radical (unpaired) electrons. The lowest BCUT2D eigenvalue weighted by Crippen LogP contribution is -2.38. The monoisotopic (exact) mass is 476 g/mol. The lowest BCUT2D eigenvalue weighted by molar-refractivity contribution is 0.0934. The van der Waals surface area contributed by atoms with Crippen LogP contribution in [0.1, 0.15) is 66.1 Å². The van der Waals surface area contributed by atoms with Gasteiger partial charge in [-0.2, -0.15) is 0 Å². The first-order chi connectivity index (χ1) is 13.9. The summed E-state index contributed by atoms with van der Waals surface area (Å²) in [5.74, 6) is 2.11. The summed E-state index contributed by atoms with van der Waals surface area (Å²) in [6.45, 7) is 7.24. The second kappa shape index (κ2) is 6.91. The maximum absolute atomic E-state index is 13.1. The highest BCUT2D eigenvalue weighted by Gasteiger charge is 2.38. The third-order valence-corrected chi connectivity index (χ3v) is 8.73. The molecule has 3 heterocycles. The van der Waals surface area contributed by atoms with E-state index in [0.717, 1.165) is 45.6 Å². The zero-order valence-corrected chi connectivity index (χ0v) is 19.3. The minimum absolute atomic E-state index is 0.0130. The zero-order valence-electron chi connectivity index (χ0n) is 16.9. The molecule has 2 N–H and O–H groups in total. The van der Waals surface area contributed by atoms with Gasteiger partial charge in [0.15, 0.2) is 11.5 Å². The first-order valence-electron chi connectivity index (χ1n) is 10.2. The van der Waals surface area contributed by atoms with Crippen molar-refractivity contribution in [1.82, 2.24) is 5.32 Å². The molecule has 2 aliphatic heterocycles. The molecule has 1 aromatic heterocycles. The highest BCUT2D eigenvalue weighted by molar-refractivity contribution is 9.10. The normalized spacial score (nSPS) is 22.6. The predicted octanol–water partition coefficient (Wildman–Crippen LogP) is 5.63. The van der Waals surface area contributed by atoms with E-state index in [4.69, 9.17) is 9.47 Å². The van der Waals surface area contributed by atoms with Gasteiger partial charge < -0.3 is 20.1 Å². The van der Waals surface area contributed by atoms with Gasteiger partial charge in [-0.3, -0.25) is 4.79 Å². The molecule has 0 bridgehead atoms. The fourth-order valence-electron chi connectivity index (χ4n) is 4.56. The smallest absolute Gasteiger partial charge is 0.256 e. The number of amides is 1. The van der Waals surface area contributed by atoms with Gasteiger partial charge in [-0.25, -0.2) is 0 Å². The molecule has 2 atom stereocenters. The number of rotatable bonds is 3. The molecular weight excluding hydrogens is 452 g/mol. The molecule has 0 fully saturated rings. The van der Waals surface area contributed by atoms with Crippen LogP contribution in [0.3, 0.4) is 0 Å². The van der Waals surface area contributed by atoms with Gasteiger partial charge in [0.25, 0.3) is 5.91 Å². The number of thiophene rings is 1. The second-order valence-corrected chi connectivity index (χ2v) is 10.7. The molecule has 0 saturated carbocycles. The van der Waals surface area contributed by atoms with Crippen LogP contribution < -0.4 is 20.1 Å². The maximum Gasteiger partial charge on any atom is 0.256 e. The number of carbonyl (C=O) groups excluding carboxylic acids is 1. The van der Waals surface area contributed by atoms with Gasteiger partial charge >= 0.3 is 0 Å². The van der Waals surface area contributed by atoms with Crippen LogP contribution in [0.4, 0.5) is 5.00 Å². The average Bonchev–Trinajstić information content (AvgIpc) is 3.30. The number of halogens is 1. The number of anilines is 1. The summed E-state index contributed by atoms with van der Waals surface area (Å²) in [6.07, 6.45) is 4.09. The van der Waals surface area contributed by atoms with Gasteiger partial charge in [-0.05, 0) is 48.3 Å². The standard InChI is InChI=1S/C22H25BrN2O3S/c1-4-22(2,3)11-5-6-12-17(7-11)29-21-18(12)20(26)24-19(25-21)13-8-15-16(9-14(13)23)28-10-27-15/h8-9,11,19,25H,4-7,10H2,1-3H3,(H,24,26)/t11-,19-/m1/s1. The number of nitrogens with one attached hydrogen (secondary N) is 2. The van der Waals surface area contributed by atoms with Crippen molar-refractivity contribution >= 4 is 38.2 Å². The largest absolute Gasteiger partial charge is 0.454 e. The summed E-state index contributed by atoms with van der Waals surface area (Å²) in [4.78, 5) is 14.4. The molecule has 5 nitrogen and oxygen atoms in total. The Morgan fingerprint density at radius 3 is 2.76 bits per heavy atom. The SMILES string of the molecule is CCC(C)(C)[C@@H]1CCc2c(sc3c2C(=O)N[C@@H](c2cc4c(cc2Br)OCO4)N3)C1. The number of fused-ring (bicyclic) bond motifs is 4. The van der Waals surface area contributed by atoms with Crippen molar-refractivity contribution in [3.05, 3.63) is 38.2 Å². The van der Waals surface area contributed by atoms with Crippen LogP contribution in [0.5, 0.6) is 11.5 Å². The van der Waals surface area contributed by atoms with Crippen molar-refractivity contribution in [3.8, 4) is 11.5 Å². The number of carbonyl (C=O) groups is 1. The van der Waals surface area contributed by atoms with Crippen molar-refractivity contribution in [2.75, 3.05) is 12.1 Å². The first-order valence-corrected chi connectivity index (χ1v) is 11.8. The first kappa shape index (κ1) is 19.2. The molecule has 29 heavy (non-hydrogen) atoms. The Kier molecular flexibility index (Phi) is 4.59. The molecule has 1 amide bonds. The van der Waals surface area contributed by atoms with E-state index in [1.54, 1.807) is 11.3 Å². The fourth-order valence-corrected chi connectivity index (χ4v) is 6.47. The number of hydrogen-bond acceptors (Lipinski definition) is 5. The number of ether oxygens (including phenoxy) is 2.